The van der Waals surface area contributed by atoms with Crippen LogP contribution in [0.2, 0.25) is 0 Å². The van der Waals surface area contributed by atoms with Gasteiger partial charge in [0.15, 0.2) is 0 Å². The third-order valence-electron chi connectivity index (χ3n) is 10.2. The SMILES string of the molecule is CCn1c2c(B3OC(C)(C)C(C)(C)O3)cc(C(C)(C)C)cc2c2cc(C(C)(C)C)cc(B3OC(C)(C)C(C)(C)O3)c21. The maximum Gasteiger partial charge on any atom is 0.497 e. The van der Waals surface area contributed by atoms with Crippen molar-refractivity contribution in [2.75, 3.05) is 0 Å². The molecule has 2 aliphatic rings. The van der Waals surface area contributed by atoms with Crippen LogP contribution >= 0.6 is 0 Å². The second-order valence-electron chi connectivity index (χ2n) is 16.3. The van der Waals surface area contributed by atoms with Crippen molar-refractivity contribution in [3.8, 4) is 0 Å². The lowest BCUT2D eigenvalue weighted by Gasteiger charge is -2.32. The van der Waals surface area contributed by atoms with Crippen molar-refractivity contribution < 1.29 is 18.6 Å². The van der Waals surface area contributed by atoms with Gasteiger partial charge in [0.05, 0.1) is 22.4 Å². The monoisotopic (exact) mass is 559 g/mol. The van der Waals surface area contributed by atoms with Crippen molar-refractivity contribution in [2.45, 2.75) is 144 Å². The van der Waals surface area contributed by atoms with Gasteiger partial charge in [-0.25, -0.2) is 0 Å². The van der Waals surface area contributed by atoms with Gasteiger partial charge in [-0.2, -0.15) is 0 Å². The largest absolute Gasteiger partial charge is 0.497 e. The van der Waals surface area contributed by atoms with Crippen molar-refractivity contribution in [2.24, 2.45) is 0 Å². The molecule has 0 amide bonds. The van der Waals surface area contributed by atoms with Crippen molar-refractivity contribution >= 4 is 47.0 Å². The molecule has 0 radical (unpaired) electrons. The molecule has 1 aromatic heterocycles. The fourth-order valence-electron chi connectivity index (χ4n) is 5.92. The third kappa shape index (κ3) is 4.80. The molecule has 2 saturated heterocycles. The molecule has 0 spiro atoms. The van der Waals surface area contributed by atoms with Gasteiger partial charge < -0.3 is 23.2 Å². The van der Waals surface area contributed by atoms with Crippen LogP contribution in [0.15, 0.2) is 24.3 Å². The fraction of sp³-hybridized carbons (Fsp3) is 0.647. The van der Waals surface area contributed by atoms with E-state index < -0.39 is 36.6 Å². The van der Waals surface area contributed by atoms with Gasteiger partial charge in [0.1, 0.15) is 0 Å². The van der Waals surface area contributed by atoms with Crippen LogP contribution in [0.5, 0.6) is 0 Å². The van der Waals surface area contributed by atoms with Crippen molar-refractivity contribution in [3.05, 3.63) is 35.4 Å². The molecule has 222 valence electrons. The van der Waals surface area contributed by atoms with E-state index >= 15 is 0 Å². The van der Waals surface area contributed by atoms with Gasteiger partial charge in [-0.3, -0.25) is 0 Å². The molecule has 3 aromatic rings. The smallest absolute Gasteiger partial charge is 0.399 e. The minimum atomic E-state index is -0.471. The molecule has 0 atom stereocenters. The van der Waals surface area contributed by atoms with E-state index in [4.69, 9.17) is 18.6 Å². The van der Waals surface area contributed by atoms with Gasteiger partial charge in [-0.05, 0) is 96.4 Å². The Bertz CT molecular complexity index is 1370. The zero-order valence-corrected chi connectivity index (χ0v) is 28.3. The van der Waals surface area contributed by atoms with E-state index in [1.807, 2.05) is 0 Å². The molecule has 0 bridgehead atoms. The number of benzene rings is 2. The van der Waals surface area contributed by atoms with E-state index in [0.717, 1.165) is 28.5 Å². The molecular weight excluding hydrogens is 508 g/mol. The zero-order valence-electron chi connectivity index (χ0n) is 28.3. The van der Waals surface area contributed by atoms with Crippen molar-refractivity contribution in [1.82, 2.24) is 4.57 Å². The Hall–Kier alpha value is -1.79. The highest BCUT2D eigenvalue weighted by molar-refractivity contribution is 6.67. The third-order valence-corrected chi connectivity index (χ3v) is 10.2. The maximum atomic E-state index is 6.70. The second-order valence-corrected chi connectivity index (χ2v) is 16.3. The predicted molar refractivity (Wildman–Crippen MR) is 174 cm³/mol. The van der Waals surface area contributed by atoms with E-state index in [1.54, 1.807) is 0 Å². The average molecular weight is 559 g/mol. The van der Waals surface area contributed by atoms with E-state index in [-0.39, 0.29) is 10.8 Å². The number of aromatic nitrogens is 1. The average Bonchev–Trinajstić information content (AvgIpc) is 3.33. The minimum Gasteiger partial charge on any atom is -0.399 e. The number of nitrogens with zero attached hydrogens (tertiary/aromatic N) is 1. The Balaban J connectivity index is 1.91. The summed E-state index contributed by atoms with van der Waals surface area (Å²) in [6.45, 7) is 33.7. The van der Waals surface area contributed by atoms with Gasteiger partial charge in [-0.15, -0.1) is 0 Å². The summed E-state index contributed by atoms with van der Waals surface area (Å²) < 4.78 is 29.2. The van der Waals surface area contributed by atoms with Crippen LogP contribution in [-0.2, 0) is 36.0 Å². The molecule has 3 heterocycles. The molecular formula is C34H51B2NO4. The molecule has 0 unspecified atom stereocenters. The van der Waals surface area contributed by atoms with Crippen LogP contribution < -0.4 is 10.9 Å². The summed E-state index contributed by atoms with van der Waals surface area (Å²) in [5.41, 5.74) is 5.20. The molecule has 2 aromatic carbocycles. The fourth-order valence-corrected chi connectivity index (χ4v) is 5.92. The van der Waals surface area contributed by atoms with E-state index in [1.165, 1.54) is 21.9 Å². The highest BCUT2D eigenvalue weighted by Gasteiger charge is 2.54. The molecule has 5 rings (SSSR count). The summed E-state index contributed by atoms with van der Waals surface area (Å²) in [5.74, 6) is 0. The Morgan fingerprint density at radius 1 is 0.561 bits per heavy atom. The van der Waals surface area contributed by atoms with Crippen LogP contribution in [0.3, 0.4) is 0 Å². The van der Waals surface area contributed by atoms with Crippen LogP contribution in [-0.4, -0.2) is 41.2 Å². The Morgan fingerprint density at radius 2 is 0.854 bits per heavy atom. The lowest BCUT2D eigenvalue weighted by Crippen LogP contribution is -2.41. The molecule has 41 heavy (non-hydrogen) atoms. The first kappa shape index (κ1) is 30.7. The highest BCUT2D eigenvalue weighted by Crippen LogP contribution is 2.41. The van der Waals surface area contributed by atoms with E-state index in [2.05, 4.69) is 133 Å². The van der Waals surface area contributed by atoms with Crippen molar-refractivity contribution in [1.29, 1.82) is 0 Å². The highest BCUT2D eigenvalue weighted by atomic mass is 16.7. The summed E-state index contributed by atoms with van der Waals surface area (Å²) >= 11 is 0. The zero-order chi connectivity index (χ0) is 30.7. The van der Waals surface area contributed by atoms with Gasteiger partial charge in [-0.1, -0.05) is 53.7 Å². The minimum absolute atomic E-state index is 0.0522. The molecule has 5 nitrogen and oxygen atoms in total. The quantitative estimate of drug-likeness (QED) is 0.324. The van der Waals surface area contributed by atoms with Gasteiger partial charge in [0.2, 0.25) is 0 Å². The van der Waals surface area contributed by atoms with Gasteiger partial charge in [0, 0.05) is 39.3 Å². The number of hydrogen-bond donors (Lipinski definition) is 0. The Morgan fingerprint density at radius 3 is 1.10 bits per heavy atom. The van der Waals surface area contributed by atoms with E-state index in [0.29, 0.717) is 0 Å². The molecule has 0 N–H and O–H groups in total. The van der Waals surface area contributed by atoms with Crippen molar-refractivity contribution in [3.63, 3.8) is 0 Å². The van der Waals surface area contributed by atoms with Gasteiger partial charge >= 0.3 is 14.2 Å². The number of rotatable bonds is 3. The summed E-state index contributed by atoms with van der Waals surface area (Å²) in [6.07, 6.45) is 0. The van der Waals surface area contributed by atoms with Crippen LogP contribution in [0, 0.1) is 0 Å². The Kier molecular flexibility index (Phi) is 6.81. The first-order chi connectivity index (χ1) is 18.5. The molecule has 0 saturated carbocycles. The first-order valence-electron chi connectivity index (χ1n) is 15.4. The van der Waals surface area contributed by atoms with Crippen LogP contribution in [0.1, 0.15) is 115 Å². The molecule has 2 fully saturated rings. The summed E-state index contributed by atoms with van der Waals surface area (Å²) in [6, 6.07) is 9.40. The predicted octanol–water partition coefficient (Wildman–Crippen LogP) is 7.01. The summed E-state index contributed by atoms with van der Waals surface area (Å²) in [4.78, 5) is 0. The molecule has 7 heteroatoms. The van der Waals surface area contributed by atoms with Crippen LogP contribution in [0.4, 0.5) is 0 Å². The number of hydrogen-bond acceptors (Lipinski definition) is 4. The lowest BCUT2D eigenvalue weighted by atomic mass is 9.73. The van der Waals surface area contributed by atoms with Gasteiger partial charge in [0.25, 0.3) is 0 Å². The maximum absolute atomic E-state index is 6.70. The summed E-state index contributed by atoms with van der Waals surface area (Å²) in [7, 11) is -0.941. The molecule has 2 aliphatic heterocycles. The topological polar surface area (TPSA) is 41.9 Å². The number of aryl methyl sites for hydroxylation is 1. The first-order valence-corrected chi connectivity index (χ1v) is 15.4. The second kappa shape index (κ2) is 9.11. The van der Waals surface area contributed by atoms with Crippen LogP contribution in [0.25, 0.3) is 21.8 Å². The Labute approximate surface area is 248 Å². The standard InChI is InChI=1S/C34H51B2NO4/c1-16-37-27-23(17-21(29(2,3)4)19-25(27)35-38-31(8,9)32(10,11)39-35)24-18-22(30(5,6)7)20-26(28(24)37)36-40-33(12,13)34(14,15)41-36/h17-20H,16H2,1-15H3. The lowest BCUT2D eigenvalue weighted by molar-refractivity contribution is 0.00578. The normalized spacial score (nSPS) is 21.9. The van der Waals surface area contributed by atoms with E-state index in [9.17, 15) is 0 Å². The number of fused-ring (bicyclic) bond motifs is 3. The molecule has 0 aliphatic carbocycles. The summed E-state index contributed by atoms with van der Waals surface area (Å²) in [5, 5.41) is 2.45.